The van der Waals surface area contributed by atoms with Crippen molar-refractivity contribution >= 4 is 17.9 Å². The minimum Gasteiger partial charge on any atom is -0.432 e. The van der Waals surface area contributed by atoms with Gasteiger partial charge in [0.05, 0.1) is 24.3 Å². The van der Waals surface area contributed by atoms with Crippen molar-refractivity contribution in [2.45, 2.75) is 72.9 Å². The molecule has 2 atom stereocenters. The SMILES string of the molecule is C=C(C)C(=O)Oc1cc(C(=O)OC(C)OCCCC)cc(C(=O)OC(C)OCCCC)c1. The van der Waals surface area contributed by atoms with Crippen LogP contribution in [0.25, 0.3) is 0 Å². The molecule has 0 N–H and O–H groups in total. The molecule has 0 saturated heterocycles. The molecule has 1 aromatic carbocycles. The van der Waals surface area contributed by atoms with Gasteiger partial charge in [-0.1, -0.05) is 33.3 Å². The van der Waals surface area contributed by atoms with Crippen LogP contribution in [0.4, 0.5) is 0 Å². The summed E-state index contributed by atoms with van der Waals surface area (Å²) in [5, 5.41) is 0. The zero-order valence-electron chi connectivity index (χ0n) is 19.6. The Hall–Kier alpha value is -2.71. The number of hydrogen-bond donors (Lipinski definition) is 0. The predicted molar refractivity (Wildman–Crippen MR) is 118 cm³/mol. The number of esters is 3. The molecule has 178 valence electrons. The highest BCUT2D eigenvalue weighted by Gasteiger charge is 2.20. The highest BCUT2D eigenvalue weighted by atomic mass is 16.7. The third-order valence-electron chi connectivity index (χ3n) is 4.18. The molecule has 0 aromatic heterocycles. The number of carbonyl (C=O) groups excluding carboxylic acids is 3. The van der Waals surface area contributed by atoms with Crippen molar-refractivity contribution in [1.29, 1.82) is 0 Å². The van der Waals surface area contributed by atoms with Crippen LogP contribution >= 0.6 is 0 Å². The molecule has 1 rings (SSSR count). The van der Waals surface area contributed by atoms with E-state index in [2.05, 4.69) is 6.58 Å². The lowest BCUT2D eigenvalue weighted by Gasteiger charge is -2.16. The van der Waals surface area contributed by atoms with Gasteiger partial charge in [0.25, 0.3) is 0 Å². The first-order chi connectivity index (χ1) is 15.2. The average Bonchev–Trinajstić information content (AvgIpc) is 2.73. The van der Waals surface area contributed by atoms with E-state index in [9.17, 15) is 14.4 Å². The Labute approximate surface area is 189 Å². The van der Waals surface area contributed by atoms with Crippen molar-refractivity contribution < 1.29 is 38.1 Å². The molecule has 1 aromatic rings. The summed E-state index contributed by atoms with van der Waals surface area (Å²) in [7, 11) is 0. The number of carbonyl (C=O) groups is 3. The van der Waals surface area contributed by atoms with Crippen molar-refractivity contribution in [1.82, 2.24) is 0 Å². The molecular formula is C24H34O8. The highest BCUT2D eigenvalue weighted by Crippen LogP contribution is 2.21. The number of rotatable bonds is 14. The first kappa shape index (κ1) is 27.3. The van der Waals surface area contributed by atoms with Crippen LogP contribution in [0.1, 0.15) is 81.0 Å². The van der Waals surface area contributed by atoms with Crippen LogP contribution in [0.3, 0.4) is 0 Å². The lowest BCUT2D eigenvalue weighted by Crippen LogP contribution is -2.21. The van der Waals surface area contributed by atoms with Crippen LogP contribution < -0.4 is 4.74 Å². The summed E-state index contributed by atoms with van der Waals surface area (Å²) < 4.78 is 26.6. The first-order valence-electron chi connectivity index (χ1n) is 10.9. The molecule has 0 aliphatic rings. The standard InChI is InChI=1S/C24H34O8/c1-7-9-11-28-17(5)30-23(26)19-13-20(15-21(14-19)32-22(25)16(3)4)24(27)31-18(6)29-12-10-8-2/h13-15,17-18H,3,7-12H2,1-2,4-6H3. The molecule has 0 bridgehead atoms. The Kier molecular flexibility index (Phi) is 12.3. The Morgan fingerprint density at radius 1 is 0.844 bits per heavy atom. The zero-order chi connectivity index (χ0) is 24.1. The summed E-state index contributed by atoms with van der Waals surface area (Å²) in [6.45, 7) is 13.2. The lowest BCUT2D eigenvalue weighted by atomic mass is 10.1. The Morgan fingerprint density at radius 3 is 1.66 bits per heavy atom. The monoisotopic (exact) mass is 450 g/mol. The fourth-order valence-corrected chi connectivity index (χ4v) is 2.38. The van der Waals surface area contributed by atoms with Crippen molar-refractivity contribution in [3.8, 4) is 5.75 Å². The van der Waals surface area contributed by atoms with Gasteiger partial charge in [-0.2, -0.15) is 0 Å². The van der Waals surface area contributed by atoms with E-state index in [0.717, 1.165) is 25.7 Å². The van der Waals surface area contributed by atoms with Gasteiger partial charge in [0.1, 0.15) is 5.75 Å². The molecule has 0 saturated carbocycles. The van der Waals surface area contributed by atoms with Crippen LogP contribution in [-0.4, -0.2) is 43.7 Å². The van der Waals surface area contributed by atoms with E-state index in [1.807, 2.05) is 13.8 Å². The van der Waals surface area contributed by atoms with Crippen LogP contribution in [0.5, 0.6) is 5.75 Å². The van der Waals surface area contributed by atoms with E-state index in [0.29, 0.717) is 13.2 Å². The molecule has 8 heteroatoms. The average molecular weight is 451 g/mol. The summed E-state index contributed by atoms with van der Waals surface area (Å²) in [6, 6.07) is 3.92. The van der Waals surface area contributed by atoms with Crippen molar-refractivity contribution in [3.63, 3.8) is 0 Å². The molecule has 0 radical (unpaired) electrons. The fraction of sp³-hybridized carbons (Fsp3) is 0.542. The van der Waals surface area contributed by atoms with Crippen LogP contribution in [0.15, 0.2) is 30.4 Å². The van der Waals surface area contributed by atoms with Crippen LogP contribution in [0, 0.1) is 0 Å². The van der Waals surface area contributed by atoms with Gasteiger partial charge in [0.15, 0.2) is 12.6 Å². The molecule has 0 heterocycles. The minimum absolute atomic E-state index is 0.00876. The van der Waals surface area contributed by atoms with Gasteiger partial charge in [0.2, 0.25) is 0 Å². The summed E-state index contributed by atoms with van der Waals surface area (Å²) >= 11 is 0. The Bertz CT molecular complexity index is 738. The van der Waals surface area contributed by atoms with E-state index in [-0.39, 0.29) is 22.4 Å². The largest absolute Gasteiger partial charge is 0.432 e. The molecule has 0 aliphatic heterocycles. The molecule has 2 unspecified atom stereocenters. The molecule has 0 amide bonds. The third kappa shape index (κ3) is 10.1. The minimum atomic E-state index is -0.780. The maximum absolute atomic E-state index is 12.6. The summed E-state index contributed by atoms with van der Waals surface area (Å²) in [5.74, 6) is -2.17. The number of ether oxygens (including phenoxy) is 5. The van der Waals surface area contributed by atoms with E-state index in [1.165, 1.54) is 25.1 Å². The molecular weight excluding hydrogens is 416 g/mol. The van der Waals surface area contributed by atoms with Gasteiger partial charge >= 0.3 is 17.9 Å². The van der Waals surface area contributed by atoms with E-state index >= 15 is 0 Å². The van der Waals surface area contributed by atoms with Crippen LogP contribution in [0.2, 0.25) is 0 Å². The van der Waals surface area contributed by atoms with E-state index < -0.39 is 30.5 Å². The highest BCUT2D eigenvalue weighted by molar-refractivity contribution is 5.97. The van der Waals surface area contributed by atoms with E-state index in [4.69, 9.17) is 23.7 Å². The molecule has 0 aliphatic carbocycles. The van der Waals surface area contributed by atoms with Gasteiger partial charge in [0, 0.05) is 5.57 Å². The molecule has 8 nitrogen and oxygen atoms in total. The Morgan fingerprint density at radius 2 is 1.28 bits per heavy atom. The third-order valence-corrected chi connectivity index (χ3v) is 4.18. The van der Waals surface area contributed by atoms with Gasteiger partial charge < -0.3 is 23.7 Å². The van der Waals surface area contributed by atoms with Crippen molar-refractivity contribution in [3.05, 3.63) is 41.5 Å². The maximum atomic E-state index is 12.6. The smallest absolute Gasteiger partial charge is 0.340 e. The summed E-state index contributed by atoms with van der Waals surface area (Å²) in [4.78, 5) is 37.1. The quantitative estimate of drug-likeness (QED) is 0.131. The second kappa shape index (κ2) is 14.4. The topological polar surface area (TPSA) is 97.4 Å². The van der Waals surface area contributed by atoms with Gasteiger partial charge in [-0.3, -0.25) is 0 Å². The molecule has 0 spiro atoms. The maximum Gasteiger partial charge on any atom is 0.340 e. The Balaban J connectivity index is 3.02. The van der Waals surface area contributed by atoms with Crippen LogP contribution in [-0.2, 0) is 23.7 Å². The molecule has 32 heavy (non-hydrogen) atoms. The normalized spacial score (nSPS) is 12.5. The lowest BCUT2D eigenvalue weighted by molar-refractivity contribution is -0.130. The number of hydrogen-bond acceptors (Lipinski definition) is 8. The number of unbranched alkanes of at least 4 members (excludes halogenated alkanes) is 2. The van der Waals surface area contributed by atoms with Gasteiger partial charge in [-0.05, 0) is 51.8 Å². The summed E-state index contributed by atoms with van der Waals surface area (Å²) in [6.07, 6.45) is 2.01. The van der Waals surface area contributed by atoms with Crippen molar-refractivity contribution in [2.75, 3.05) is 13.2 Å². The van der Waals surface area contributed by atoms with Crippen molar-refractivity contribution in [2.24, 2.45) is 0 Å². The zero-order valence-corrected chi connectivity index (χ0v) is 19.6. The molecule has 0 fully saturated rings. The van der Waals surface area contributed by atoms with E-state index in [1.54, 1.807) is 13.8 Å². The number of benzene rings is 1. The van der Waals surface area contributed by atoms with Gasteiger partial charge in [-0.25, -0.2) is 14.4 Å². The second-order valence-electron chi connectivity index (χ2n) is 7.31. The first-order valence-corrected chi connectivity index (χ1v) is 10.9. The second-order valence-corrected chi connectivity index (χ2v) is 7.31. The van der Waals surface area contributed by atoms with Gasteiger partial charge in [-0.15, -0.1) is 0 Å². The fourth-order valence-electron chi connectivity index (χ4n) is 2.38. The summed E-state index contributed by atoms with van der Waals surface area (Å²) in [5.41, 5.74) is 0.182. The predicted octanol–water partition coefficient (Wildman–Crippen LogP) is 4.81.